The van der Waals surface area contributed by atoms with Crippen molar-refractivity contribution in [3.63, 3.8) is 0 Å². The van der Waals surface area contributed by atoms with Gasteiger partial charge in [-0.2, -0.15) is 0 Å². The molecule has 0 aliphatic carbocycles. The third-order valence-corrected chi connectivity index (χ3v) is 4.04. The summed E-state index contributed by atoms with van der Waals surface area (Å²) in [4.78, 5) is 9.15. The number of guanidine groups is 1. The maximum Gasteiger partial charge on any atom is 0.191 e. The Morgan fingerprint density at radius 3 is 2.86 bits per heavy atom. The van der Waals surface area contributed by atoms with E-state index in [0.29, 0.717) is 13.1 Å². The van der Waals surface area contributed by atoms with Gasteiger partial charge in [0.15, 0.2) is 5.96 Å². The van der Waals surface area contributed by atoms with Gasteiger partial charge in [0, 0.05) is 31.4 Å². The van der Waals surface area contributed by atoms with Gasteiger partial charge in [0.1, 0.15) is 0 Å². The molecule has 2 rings (SSSR count). The molecule has 2 aromatic heterocycles. The normalized spacial score (nSPS) is 11.7. The van der Waals surface area contributed by atoms with Gasteiger partial charge in [0.05, 0.1) is 23.8 Å². The molecule has 2 heterocycles. The van der Waals surface area contributed by atoms with E-state index in [4.69, 9.17) is 0 Å². The number of aromatic nitrogens is 2. The highest BCUT2D eigenvalue weighted by molar-refractivity contribution is 7.09. The van der Waals surface area contributed by atoms with Crippen LogP contribution in [-0.2, 0) is 26.6 Å². The highest BCUT2D eigenvalue weighted by atomic mass is 32.1. The summed E-state index contributed by atoms with van der Waals surface area (Å²) < 4.78 is 2.03. The summed E-state index contributed by atoms with van der Waals surface area (Å²) in [5.74, 6) is 0.826. The van der Waals surface area contributed by atoms with Crippen LogP contribution in [0, 0.1) is 0 Å². The molecule has 2 aromatic rings. The van der Waals surface area contributed by atoms with Gasteiger partial charge in [0.2, 0.25) is 0 Å². The molecule has 114 valence electrons. The van der Waals surface area contributed by atoms with Crippen LogP contribution >= 0.6 is 11.3 Å². The number of nitrogens with one attached hydrogen (secondary N) is 2. The van der Waals surface area contributed by atoms with Crippen LogP contribution in [-0.4, -0.2) is 22.1 Å². The number of aryl methyl sites for hydroxylation is 2. The molecule has 0 amide bonds. The van der Waals surface area contributed by atoms with Crippen molar-refractivity contribution in [2.75, 3.05) is 6.54 Å². The van der Waals surface area contributed by atoms with Gasteiger partial charge in [-0.3, -0.25) is 0 Å². The monoisotopic (exact) mass is 305 g/mol. The largest absolute Gasteiger partial charge is 0.357 e. The standard InChI is InChI=1S/C15H23N5S/c1-4-14-19-13(11-21-14)9-18-15(16-5-2)17-8-12-6-7-20(3)10-12/h6-7,10-11H,4-5,8-9H2,1-3H3,(H2,16,17,18). The van der Waals surface area contributed by atoms with Crippen LogP contribution in [0.5, 0.6) is 0 Å². The number of nitrogens with zero attached hydrogens (tertiary/aromatic N) is 3. The van der Waals surface area contributed by atoms with Gasteiger partial charge in [-0.15, -0.1) is 11.3 Å². The number of hydrogen-bond donors (Lipinski definition) is 2. The second-order valence-electron chi connectivity index (χ2n) is 4.82. The van der Waals surface area contributed by atoms with Crippen LogP contribution in [0.25, 0.3) is 0 Å². The van der Waals surface area contributed by atoms with Crippen LogP contribution in [0.2, 0.25) is 0 Å². The summed E-state index contributed by atoms with van der Waals surface area (Å²) in [7, 11) is 2.02. The Hall–Kier alpha value is -1.82. The van der Waals surface area contributed by atoms with Crippen molar-refractivity contribution in [2.24, 2.45) is 12.0 Å². The average Bonchev–Trinajstić information content (AvgIpc) is 3.10. The lowest BCUT2D eigenvalue weighted by Gasteiger charge is -2.09. The Kier molecular flexibility index (Phi) is 5.80. The van der Waals surface area contributed by atoms with Gasteiger partial charge in [-0.25, -0.2) is 9.98 Å². The number of hydrogen-bond acceptors (Lipinski definition) is 3. The summed E-state index contributed by atoms with van der Waals surface area (Å²) in [6, 6.07) is 2.08. The molecule has 0 unspecified atom stereocenters. The Morgan fingerprint density at radius 2 is 2.24 bits per heavy atom. The van der Waals surface area contributed by atoms with Crippen molar-refractivity contribution < 1.29 is 0 Å². The van der Waals surface area contributed by atoms with Crippen LogP contribution < -0.4 is 10.6 Å². The Balaban J connectivity index is 1.91. The van der Waals surface area contributed by atoms with Crippen molar-refractivity contribution >= 4 is 17.3 Å². The quantitative estimate of drug-likeness (QED) is 0.636. The summed E-state index contributed by atoms with van der Waals surface area (Å²) in [5.41, 5.74) is 2.28. The fourth-order valence-corrected chi connectivity index (χ4v) is 2.68. The highest BCUT2D eigenvalue weighted by Crippen LogP contribution is 2.09. The van der Waals surface area contributed by atoms with Gasteiger partial charge in [-0.1, -0.05) is 6.92 Å². The lowest BCUT2D eigenvalue weighted by atomic mass is 10.3. The first-order valence-electron chi connectivity index (χ1n) is 7.27. The van der Waals surface area contributed by atoms with E-state index >= 15 is 0 Å². The molecule has 21 heavy (non-hydrogen) atoms. The molecule has 0 saturated heterocycles. The molecule has 6 heteroatoms. The van der Waals surface area contributed by atoms with Crippen molar-refractivity contribution in [1.29, 1.82) is 0 Å². The number of thiazole rings is 1. The number of aliphatic imine (C=N–C) groups is 1. The maximum absolute atomic E-state index is 4.60. The van der Waals surface area contributed by atoms with Gasteiger partial charge >= 0.3 is 0 Å². The van der Waals surface area contributed by atoms with E-state index in [1.54, 1.807) is 11.3 Å². The number of rotatable bonds is 6. The lowest BCUT2D eigenvalue weighted by Crippen LogP contribution is -2.36. The smallest absolute Gasteiger partial charge is 0.191 e. The molecule has 0 spiro atoms. The van der Waals surface area contributed by atoms with Crippen LogP contribution in [0.3, 0.4) is 0 Å². The third kappa shape index (κ3) is 4.90. The van der Waals surface area contributed by atoms with Crippen molar-refractivity contribution in [3.8, 4) is 0 Å². The molecule has 5 nitrogen and oxygen atoms in total. The SMILES string of the molecule is CCNC(=NCc1ccn(C)c1)NCc1csc(CC)n1. The molecule has 0 aliphatic heterocycles. The minimum absolute atomic E-state index is 0.674. The molecule has 0 radical (unpaired) electrons. The minimum Gasteiger partial charge on any atom is -0.357 e. The van der Waals surface area contributed by atoms with E-state index in [2.05, 4.69) is 52.1 Å². The van der Waals surface area contributed by atoms with E-state index in [1.165, 1.54) is 10.6 Å². The van der Waals surface area contributed by atoms with Gasteiger partial charge < -0.3 is 15.2 Å². The summed E-state index contributed by atoms with van der Waals surface area (Å²) in [6.07, 6.45) is 5.11. The molecule has 0 aliphatic rings. The van der Waals surface area contributed by atoms with Crippen molar-refractivity contribution in [2.45, 2.75) is 33.4 Å². The molecular weight excluding hydrogens is 282 g/mol. The van der Waals surface area contributed by atoms with Crippen LogP contribution in [0.4, 0.5) is 0 Å². The molecule has 0 saturated carbocycles. The topological polar surface area (TPSA) is 54.2 Å². The fraction of sp³-hybridized carbons (Fsp3) is 0.467. The fourth-order valence-electron chi connectivity index (χ4n) is 1.93. The van der Waals surface area contributed by atoms with E-state index in [9.17, 15) is 0 Å². The van der Waals surface area contributed by atoms with E-state index in [0.717, 1.165) is 24.6 Å². The first-order chi connectivity index (χ1) is 10.2. The van der Waals surface area contributed by atoms with E-state index in [1.807, 2.05) is 17.8 Å². The van der Waals surface area contributed by atoms with E-state index in [-0.39, 0.29) is 0 Å². The zero-order valence-electron chi connectivity index (χ0n) is 12.9. The molecule has 0 bridgehead atoms. The van der Waals surface area contributed by atoms with Crippen LogP contribution in [0.1, 0.15) is 30.1 Å². The van der Waals surface area contributed by atoms with Gasteiger partial charge in [-0.05, 0) is 25.0 Å². The minimum atomic E-state index is 0.674. The summed E-state index contributed by atoms with van der Waals surface area (Å²) in [6.45, 7) is 6.42. The van der Waals surface area contributed by atoms with Crippen molar-refractivity contribution in [1.82, 2.24) is 20.2 Å². The Labute approximate surface area is 130 Å². The summed E-state index contributed by atoms with van der Waals surface area (Å²) >= 11 is 1.71. The van der Waals surface area contributed by atoms with Gasteiger partial charge in [0.25, 0.3) is 0 Å². The van der Waals surface area contributed by atoms with Crippen LogP contribution in [0.15, 0.2) is 28.8 Å². The second kappa shape index (κ2) is 7.83. The Bertz CT molecular complexity index is 584. The zero-order valence-corrected chi connectivity index (χ0v) is 13.7. The molecule has 0 atom stereocenters. The molecule has 2 N–H and O–H groups in total. The molecular formula is C15H23N5S. The molecule has 0 aromatic carbocycles. The average molecular weight is 305 g/mol. The first-order valence-corrected chi connectivity index (χ1v) is 8.15. The van der Waals surface area contributed by atoms with E-state index < -0.39 is 0 Å². The predicted octanol–water partition coefficient (Wildman–Crippen LogP) is 2.30. The zero-order chi connectivity index (χ0) is 15.1. The predicted molar refractivity (Wildman–Crippen MR) is 88.6 cm³/mol. The summed E-state index contributed by atoms with van der Waals surface area (Å²) in [5, 5.41) is 9.87. The maximum atomic E-state index is 4.60. The lowest BCUT2D eigenvalue weighted by molar-refractivity contribution is 0.799. The third-order valence-electron chi connectivity index (χ3n) is 3.00. The highest BCUT2D eigenvalue weighted by Gasteiger charge is 2.02. The van der Waals surface area contributed by atoms with Crippen molar-refractivity contribution in [3.05, 3.63) is 40.1 Å². The molecule has 0 fully saturated rings. The second-order valence-corrected chi connectivity index (χ2v) is 5.76. The Morgan fingerprint density at radius 1 is 1.38 bits per heavy atom. The first kappa shape index (κ1) is 15.6.